The SMILES string of the molecule is COC(=O)CC(O)[C@H]1O[C@@H](n2ccc(N)nc2=O)CS1. The number of esters is 1. The molecule has 0 radical (unpaired) electrons. The van der Waals surface area contributed by atoms with Crippen molar-refractivity contribution in [3.8, 4) is 0 Å². The Labute approximate surface area is 118 Å². The number of carbonyl (C=O) groups excluding carboxylic acids is 1. The second-order valence-corrected chi connectivity index (χ2v) is 5.31. The van der Waals surface area contributed by atoms with Gasteiger partial charge in [0.2, 0.25) is 0 Å². The molecule has 2 heterocycles. The van der Waals surface area contributed by atoms with Crippen molar-refractivity contribution >= 4 is 23.5 Å². The number of methoxy groups -OCH3 is 1. The van der Waals surface area contributed by atoms with Crippen molar-refractivity contribution in [3.05, 3.63) is 22.7 Å². The minimum atomic E-state index is -0.991. The molecule has 3 atom stereocenters. The molecule has 0 spiro atoms. The second kappa shape index (κ2) is 6.25. The van der Waals surface area contributed by atoms with Gasteiger partial charge in [-0.15, -0.1) is 11.8 Å². The molecular formula is C11H15N3O5S. The molecule has 20 heavy (non-hydrogen) atoms. The van der Waals surface area contributed by atoms with Crippen LogP contribution >= 0.6 is 11.8 Å². The average molecular weight is 301 g/mol. The number of anilines is 1. The highest BCUT2D eigenvalue weighted by atomic mass is 32.2. The lowest BCUT2D eigenvalue weighted by molar-refractivity contribution is -0.144. The molecule has 3 N–H and O–H groups in total. The van der Waals surface area contributed by atoms with Crippen LogP contribution in [0, 0.1) is 0 Å². The van der Waals surface area contributed by atoms with Crippen molar-refractivity contribution in [2.24, 2.45) is 0 Å². The number of aromatic nitrogens is 2. The Bertz CT molecular complexity index is 549. The van der Waals surface area contributed by atoms with E-state index in [9.17, 15) is 14.7 Å². The van der Waals surface area contributed by atoms with E-state index in [2.05, 4.69) is 9.72 Å². The molecule has 0 bridgehead atoms. The first kappa shape index (κ1) is 14.8. The van der Waals surface area contributed by atoms with Crippen molar-refractivity contribution in [1.82, 2.24) is 9.55 Å². The zero-order valence-corrected chi connectivity index (χ0v) is 11.6. The van der Waals surface area contributed by atoms with Gasteiger partial charge in [-0.3, -0.25) is 9.36 Å². The molecule has 1 fully saturated rings. The highest BCUT2D eigenvalue weighted by Crippen LogP contribution is 2.33. The lowest BCUT2D eigenvalue weighted by Gasteiger charge is -2.18. The molecule has 1 aromatic rings. The first-order valence-electron chi connectivity index (χ1n) is 5.88. The summed E-state index contributed by atoms with van der Waals surface area (Å²) < 4.78 is 11.3. The fourth-order valence-electron chi connectivity index (χ4n) is 1.75. The topological polar surface area (TPSA) is 117 Å². The van der Waals surface area contributed by atoms with Crippen LogP contribution in [0.3, 0.4) is 0 Å². The molecule has 2 rings (SSSR count). The highest BCUT2D eigenvalue weighted by Gasteiger charge is 2.34. The van der Waals surface area contributed by atoms with E-state index in [1.54, 1.807) is 0 Å². The lowest BCUT2D eigenvalue weighted by Crippen LogP contribution is -2.31. The van der Waals surface area contributed by atoms with Crippen LogP contribution in [0.4, 0.5) is 5.82 Å². The van der Waals surface area contributed by atoms with Crippen LogP contribution in [0.25, 0.3) is 0 Å². The van der Waals surface area contributed by atoms with Crippen molar-refractivity contribution in [1.29, 1.82) is 0 Å². The molecule has 1 aliphatic heterocycles. The van der Waals surface area contributed by atoms with Crippen molar-refractivity contribution in [2.45, 2.75) is 24.2 Å². The van der Waals surface area contributed by atoms with E-state index in [0.717, 1.165) is 0 Å². The number of ether oxygens (including phenoxy) is 2. The van der Waals surface area contributed by atoms with Gasteiger partial charge >= 0.3 is 11.7 Å². The molecule has 1 unspecified atom stereocenters. The number of thioether (sulfide) groups is 1. The molecular weight excluding hydrogens is 286 g/mol. The maximum atomic E-state index is 11.7. The minimum absolute atomic E-state index is 0.138. The largest absolute Gasteiger partial charge is 0.469 e. The molecule has 1 aromatic heterocycles. The van der Waals surface area contributed by atoms with Gasteiger partial charge in [0.1, 0.15) is 23.6 Å². The molecule has 1 saturated heterocycles. The summed E-state index contributed by atoms with van der Waals surface area (Å²) in [6.45, 7) is 0. The van der Waals surface area contributed by atoms with Gasteiger partial charge in [0.25, 0.3) is 0 Å². The Morgan fingerprint density at radius 2 is 2.55 bits per heavy atom. The Hall–Kier alpha value is -1.58. The fourth-order valence-corrected chi connectivity index (χ4v) is 2.87. The predicted molar refractivity (Wildman–Crippen MR) is 71.9 cm³/mol. The Morgan fingerprint density at radius 1 is 1.80 bits per heavy atom. The number of rotatable bonds is 4. The van der Waals surface area contributed by atoms with Crippen LogP contribution in [0.5, 0.6) is 0 Å². The standard InChI is InChI=1S/C11H15N3O5S/c1-18-9(16)4-6(15)10-19-8(5-20-10)14-3-2-7(12)13-11(14)17/h2-3,6,8,10,15H,4-5H2,1H3,(H2,12,13,17)/t6?,8-,10+/m1/s1. The smallest absolute Gasteiger partial charge is 0.351 e. The third kappa shape index (κ3) is 3.30. The lowest BCUT2D eigenvalue weighted by atomic mass is 10.3. The van der Waals surface area contributed by atoms with Gasteiger partial charge in [0, 0.05) is 11.9 Å². The van der Waals surface area contributed by atoms with Crippen LogP contribution in [-0.2, 0) is 14.3 Å². The number of carbonyl (C=O) groups is 1. The summed E-state index contributed by atoms with van der Waals surface area (Å²) in [6.07, 6.45) is -0.200. The van der Waals surface area contributed by atoms with Gasteiger partial charge in [0.15, 0.2) is 0 Å². The molecule has 9 heteroatoms. The van der Waals surface area contributed by atoms with Gasteiger partial charge in [-0.2, -0.15) is 4.98 Å². The maximum Gasteiger partial charge on any atom is 0.351 e. The predicted octanol–water partition coefficient (Wildman–Crippen LogP) is -0.662. The zero-order valence-electron chi connectivity index (χ0n) is 10.8. The van der Waals surface area contributed by atoms with Gasteiger partial charge in [-0.1, -0.05) is 0 Å². The van der Waals surface area contributed by atoms with Gasteiger partial charge in [-0.05, 0) is 6.07 Å². The second-order valence-electron chi connectivity index (χ2n) is 4.18. The molecule has 0 aliphatic carbocycles. The van der Waals surface area contributed by atoms with Crippen LogP contribution in [0.2, 0.25) is 0 Å². The Morgan fingerprint density at radius 3 is 3.20 bits per heavy atom. The fraction of sp³-hybridized carbons (Fsp3) is 0.545. The van der Waals surface area contributed by atoms with E-state index < -0.39 is 29.4 Å². The number of aliphatic hydroxyl groups is 1. The Kier molecular flexibility index (Phi) is 4.63. The number of hydrogen-bond donors (Lipinski definition) is 2. The van der Waals surface area contributed by atoms with Crippen molar-refractivity contribution < 1.29 is 19.4 Å². The summed E-state index contributed by atoms with van der Waals surface area (Å²) in [6, 6.07) is 1.49. The number of nitrogens with zero attached hydrogens (tertiary/aromatic N) is 2. The first-order chi connectivity index (χ1) is 9.51. The summed E-state index contributed by atoms with van der Waals surface area (Å²) in [4.78, 5) is 26.4. The van der Waals surface area contributed by atoms with Crippen LogP contribution in [0.15, 0.2) is 17.1 Å². The van der Waals surface area contributed by atoms with Crippen LogP contribution < -0.4 is 11.4 Å². The monoisotopic (exact) mass is 301 g/mol. The van der Waals surface area contributed by atoms with Gasteiger partial charge in [0.05, 0.1) is 13.5 Å². The first-order valence-corrected chi connectivity index (χ1v) is 6.92. The molecule has 1 aliphatic rings. The molecule has 0 amide bonds. The highest BCUT2D eigenvalue weighted by molar-refractivity contribution is 8.00. The van der Waals surface area contributed by atoms with Crippen molar-refractivity contribution in [2.75, 3.05) is 18.6 Å². The summed E-state index contributed by atoms with van der Waals surface area (Å²) >= 11 is 1.32. The number of nitrogen functional groups attached to an aromatic ring is 1. The van der Waals surface area contributed by atoms with Gasteiger partial charge < -0.3 is 20.3 Å². The van der Waals surface area contributed by atoms with Crippen molar-refractivity contribution in [3.63, 3.8) is 0 Å². The molecule has 0 saturated carbocycles. The summed E-state index contributed by atoms with van der Waals surface area (Å²) in [5.41, 5.74) is 4.30. The number of hydrogen-bond acceptors (Lipinski definition) is 8. The van der Waals surface area contributed by atoms with Crippen LogP contribution in [0.1, 0.15) is 12.6 Å². The molecule has 8 nitrogen and oxygen atoms in total. The molecule has 0 aromatic carbocycles. The molecule has 110 valence electrons. The van der Waals surface area contributed by atoms with E-state index in [1.807, 2.05) is 0 Å². The quantitative estimate of drug-likeness (QED) is 0.704. The van der Waals surface area contributed by atoms with E-state index >= 15 is 0 Å². The number of nitrogens with two attached hydrogens (primary N) is 1. The normalized spacial score (nSPS) is 23.5. The number of aliphatic hydroxyl groups excluding tert-OH is 1. The van der Waals surface area contributed by atoms with E-state index in [0.29, 0.717) is 5.75 Å². The van der Waals surface area contributed by atoms with E-state index in [-0.39, 0.29) is 12.2 Å². The van der Waals surface area contributed by atoms with Crippen LogP contribution in [-0.4, -0.2) is 45.0 Å². The third-order valence-corrected chi connectivity index (χ3v) is 4.01. The minimum Gasteiger partial charge on any atom is -0.469 e. The maximum absolute atomic E-state index is 11.7. The Balaban J connectivity index is 2.01. The third-order valence-electron chi connectivity index (χ3n) is 2.77. The summed E-state index contributed by atoms with van der Waals surface area (Å²) in [5, 5.41) is 9.86. The van der Waals surface area contributed by atoms with E-state index in [1.165, 1.54) is 35.7 Å². The summed E-state index contributed by atoms with van der Waals surface area (Å²) in [5.74, 6) is 0.0876. The van der Waals surface area contributed by atoms with E-state index in [4.69, 9.17) is 10.5 Å². The zero-order chi connectivity index (χ0) is 14.7. The summed E-state index contributed by atoms with van der Waals surface area (Å²) in [7, 11) is 1.25. The van der Waals surface area contributed by atoms with Gasteiger partial charge in [-0.25, -0.2) is 4.79 Å². The average Bonchev–Trinajstić information content (AvgIpc) is 2.88.